The van der Waals surface area contributed by atoms with E-state index in [-0.39, 0.29) is 6.10 Å². The summed E-state index contributed by atoms with van der Waals surface area (Å²) in [6, 6.07) is 0. The van der Waals surface area contributed by atoms with E-state index in [0.717, 1.165) is 46.8 Å². The fourth-order valence-electron chi connectivity index (χ4n) is 3.61. The summed E-state index contributed by atoms with van der Waals surface area (Å²) in [6.45, 7) is 10.5. The molecule has 1 aromatic carbocycles. The molecule has 1 N–H and O–H groups in total. The van der Waals surface area contributed by atoms with E-state index in [9.17, 15) is 5.11 Å². The summed E-state index contributed by atoms with van der Waals surface area (Å²) in [6.07, 6.45) is 21.7. The number of phenols is 1. The minimum Gasteiger partial charge on any atom is -0.507 e. The van der Waals surface area contributed by atoms with Gasteiger partial charge in [-0.05, 0) is 63.2 Å². The van der Waals surface area contributed by atoms with Crippen LogP contribution in [0.25, 0.3) is 6.08 Å². The van der Waals surface area contributed by atoms with E-state index >= 15 is 0 Å². The Hall–Kier alpha value is -1.96. The molecule has 0 saturated carbocycles. The molecule has 0 fully saturated rings. The van der Waals surface area contributed by atoms with Crippen LogP contribution in [-0.2, 0) is 0 Å². The lowest BCUT2D eigenvalue weighted by Gasteiger charge is -2.25. The highest BCUT2D eigenvalue weighted by atomic mass is 16.5. The molecule has 1 heterocycles. The van der Waals surface area contributed by atoms with Crippen molar-refractivity contribution in [3.63, 3.8) is 0 Å². The van der Waals surface area contributed by atoms with Crippen LogP contribution >= 0.6 is 0 Å². The van der Waals surface area contributed by atoms with Crippen molar-refractivity contribution in [2.24, 2.45) is 5.92 Å². The Kier molecular flexibility index (Phi) is 8.89. The van der Waals surface area contributed by atoms with Crippen molar-refractivity contribution in [3.8, 4) is 11.5 Å². The number of benzene rings is 1. The summed E-state index contributed by atoms with van der Waals surface area (Å²) in [4.78, 5) is 0. The second kappa shape index (κ2) is 11.1. The lowest BCUT2D eigenvalue weighted by molar-refractivity contribution is 0.246. The molecule has 1 aliphatic rings. The van der Waals surface area contributed by atoms with Gasteiger partial charge in [-0.25, -0.2) is 0 Å². The zero-order chi connectivity index (χ0) is 20.5. The molecule has 154 valence electrons. The van der Waals surface area contributed by atoms with E-state index < -0.39 is 0 Å². The first kappa shape index (κ1) is 22.3. The number of rotatable bonds is 10. The highest BCUT2D eigenvalue weighted by Gasteiger charge is 2.21. The molecule has 0 amide bonds. The van der Waals surface area contributed by atoms with E-state index in [4.69, 9.17) is 4.74 Å². The van der Waals surface area contributed by atoms with Crippen molar-refractivity contribution >= 4 is 6.08 Å². The van der Waals surface area contributed by atoms with Crippen LogP contribution in [0, 0.1) is 26.7 Å². The van der Waals surface area contributed by atoms with Gasteiger partial charge in [-0.2, -0.15) is 0 Å². The smallest absolute Gasteiger partial charge is 0.131 e. The SMILES string of the molecule is Cc1c(C)c2c(c(C)c1O)C=CC(C/C=C/C/C=C/CCCCCC(C)C)O2. The van der Waals surface area contributed by atoms with Crippen LogP contribution in [0.1, 0.15) is 81.0 Å². The van der Waals surface area contributed by atoms with Crippen molar-refractivity contribution in [2.45, 2.75) is 85.7 Å². The van der Waals surface area contributed by atoms with Crippen LogP contribution in [0.2, 0.25) is 0 Å². The van der Waals surface area contributed by atoms with Gasteiger partial charge in [0.25, 0.3) is 0 Å². The average Bonchev–Trinajstić information content (AvgIpc) is 2.68. The molecule has 1 aliphatic heterocycles. The number of hydrogen-bond acceptors (Lipinski definition) is 2. The van der Waals surface area contributed by atoms with Crippen LogP contribution in [0.5, 0.6) is 11.5 Å². The molecule has 1 atom stereocenters. The summed E-state index contributed by atoms with van der Waals surface area (Å²) < 4.78 is 6.21. The third-order valence-corrected chi connectivity index (χ3v) is 5.64. The molecule has 0 radical (unpaired) electrons. The van der Waals surface area contributed by atoms with Gasteiger partial charge in [0.15, 0.2) is 0 Å². The second-order valence-electron chi connectivity index (χ2n) is 8.43. The zero-order valence-electron chi connectivity index (χ0n) is 18.4. The molecule has 1 aromatic rings. The first-order chi connectivity index (χ1) is 13.4. The maximum Gasteiger partial charge on any atom is 0.131 e. The largest absolute Gasteiger partial charge is 0.507 e. The van der Waals surface area contributed by atoms with Crippen LogP contribution < -0.4 is 4.74 Å². The predicted octanol–water partition coefficient (Wildman–Crippen LogP) is 7.59. The van der Waals surface area contributed by atoms with Gasteiger partial charge in [0, 0.05) is 17.5 Å². The van der Waals surface area contributed by atoms with Crippen molar-refractivity contribution < 1.29 is 9.84 Å². The fourth-order valence-corrected chi connectivity index (χ4v) is 3.61. The Balaban J connectivity index is 1.72. The van der Waals surface area contributed by atoms with Crippen LogP contribution in [-0.4, -0.2) is 11.2 Å². The Labute approximate surface area is 172 Å². The lowest BCUT2D eigenvalue weighted by atomic mass is 9.95. The van der Waals surface area contributed by atoms with Gasteiger partial charge >= 0.3 is 0 Å². The van der Waals surface area contributed by atoms with Gasteiger partial charge in [0.1, 0.15) is 17.6 Å². The summed E-state index contributed by atoms with van der Waals surface area (Å²) >= 11 is 0. The number of unbranched alkanes of at least 4 members (excludes halogenated alkanes) is 3. The van der Waals surface area contributed by atoms with Crippen molar-refractivity contribution in [3.05, 3.63) is 52.6 Å². The Morgan fingerprint density at radius 1 is 0.964 bits per heavy atom. The van der Waals surface area contributed by atoms with Crippen LogP contribution in [0.3, 0.4) is 0 Å². The molecule has 1 unspecified atom stereocenters. The van der Waals surface area contributed by atoms with Crippen molar-refractivity contribution in [1.82, 2.24) is 0 Å². The lowest BCUT2D eigenvalue weighted by Crippen LogP contribution is -2.17. The number of phenolic OH excluding ortho intramolecular Hbond substituents is 1. The number of fused-ring (bicyclic) bond motifs is 1. The van der Waals surface area contributed by atoms with E-state index in [0.29, 0.717) is 5.75 Å². The number of aromatic hydroxyl groups is 1. The van der Waals surface area contributed by atoms with E-state index in [1.54, 1.807) is 0 Å². The van der Waals surface area contributed by atoms with Crippen molar-refractivity contribution in [2.75, 3.05) is 0 Å². The second-order valence-corrected chi connectivity index (χ2v) is 8.43. The highest BCUT2D eigenvalue weighted by Crippen LogP contribution is 2.40. The number of allylic oxidation sites excluding steroid dienone is 3. The van der Waals surface area contributed by atoms with Crippen LogP contribution in [0.4, 0.5) is 0 Å². The zero-order valence-corrected chi connectivity index (χ0v) is 18.4. The van der Waals surface area contributed by atoms with E-state index in [2.05, 4.69) is 50.3 Å². The molecule has 0 aliphatic carbocycles. The third kappa shape index (κ3) is 6.29. The quantitative estimate of drug-likeness (QED) is 0.333. The maximum absolute atomic E-state index is 10.2. The molecule has 2 rings (SSSR count). The highest BCUT2D eigenvalue weighted by molar-refractivity contribution is 5.70. The monoisotopic (exact) mass is 382 g/mol. The molecule has 2 nitrogen and oxygen atoms in total. The molecule has 0 saturated heterocycles. The van der Waals surface area contributed by atoms with Crippen LogP contribution in [0.15, 0.2) is 30.4 Å². The topological polar surface area (TPSA) is 29.5 Å². The minimum absolute atomic E-state index is 0.0655. The third-order valence-electron chi connectivity index (χ3n) is 5.64. The van der Waals surface area contributed by atoms with E-state index in [1.165, 1.54) is 32.1 Å². The first-order valence-electron chi connectivity index (χ1n) is 10.9. The fraction of sp³-hybridized carbons (Fsp3) is 0.538. The van der Waals surface area contributed by atoms with Gasteiger partial charge < -0.3 is 9.84 Å². The van der Waals surface area contributed by atoms with Crippen molar-refractivity contribution in [1.29, 1.82) is 0 Å². The van der Waals surface area contributed by atoms with Gasteiger partial charge in [-0.15, -0.1) is 0 Å². The molecule has 2 heteroatoms. The normalized spacial score (nSPS) is 16.3. The minimum atomic E-state index is 0.0655. The molecule has 0 bridgehead atoms. The van der Waals surface area contributed by atoms with Gasteiger partial charge in [0.2, 0.25) is 0 Å². The number of hydrogen-bond donors (Lipinski definition) is 1. The van der Waals surface area contributed by atoms with Gasteiger partial charge in [0.05, 0.1) is 0 Å². The molecule has 0 aromatic heterocycles. The molecule has 28 heavy (non-hydrogen) atoms. The Bertz CT molecular complexity index is 723. The summed E-state index contributed by atoms with van der Waals surface area (Å²) in [5.74, 6) is 2.14. The summed E-state index contributed by atoms with van der Waals surface area (Å²) in [7, 11) is 0. The summed E-state index contributed by atoms with van der Waals surface area (Å²) in [5, 5.41) is 10.2. The van der Waals surface area contributed by atoms with Gasteiger partial charge in [-0.3, -0.25) is 0 Å². The molecular weight excluding hydrogens is 344 g/mol. The Morgan fingerprint density at radius 2 is 1.71 bits per heavy atom. The molecular formula is C26H38O2. The maximum atomic E-state index is 10.2. The van der Waals surface area contributed by atoms with E-state index in [1.807, 2.05) is 20.8 Å². The number of ether oxygens (including phenoxy) is 1. The average molecular weight is 383 g/mol. The first-order valence-corrected chi connectivity index (χ1v) is 10.9. The standard InChI is InChI=1S/C26H38O2/c1-19(2)15-13-11-9-7-6-8-10-12-14-16-23-17-18-24-22(5)25(27)20(3)21(4)26(24)28-23/h6,8,12,14,17-19,23,27H,7,9-11,13,15-16H2,1-5H3/b8-6+,14-12+. The predicted molar refractivity (Wildman–Crippen MR) is 121 cm³/mol. The van der Waals surface area contributed by atoms with Gasteiger partial charge in [-0.1, -0.05) is 63.5 Å². The molecule has 0 spiro atoms. The Morgan fingerprint density at radius 3 is 2.46 bits per heavy atom. The summed E-state index contributed by atoms with van der Waals surface area (Å²) in [5.41, 5.74) is 3.86.